The zero-order valence-corrected chi connectivity index (χ0v) is 13.6. The molecule has 0 aliphatic carbocycles. The molecule has 3 heteroatoms. The van der Waals surface area contributed by atoms with Gasteiger partial charge in [0.1, 0.15) is 5.76 Å². The average Bonchev–Trinajstić information content (AvgIpc) is 2.56. The molecule has 2 rings (SSSR count). The highest BCUT2D eigenvalue weighted by Crippen LogP contribution is 2.25. The van der Waals surface area contributed by atoms with Crippen LogP contribution >= 0.6 is 0 Å². The molecular formula is C20H25NO2. The Bertz CT molecular complexity index is 562. The molecule has 1 aliphatic rings. The number of likely N-dealkylation sites (tertiary alicyclic amines) is 1. The third-order valence-corrected chi connectivity index (χ3v) is 4.02. The van der Waals surface area contributed by atoms with Crippen LogP contribution in [0.4, 0.5) is 0 Å². The van der Waals surface area contributed by atoms with E-state index in [9.17, 15) is 4.79 Å². The van der Waals surface area contributed by atoms with Gasteiger partial charge in [-0.25, -0.2) is 0 Å². The fourth-order valence-electron chi connectivity index (χ4n) is 2.88. The smallest absolute Gasteiger partial charge is 0.314 e. The predicted molar refractivity (Wildman–Crippen MR) is 93.7 cm³/mol. The third-order valence-electron chi connectivity index (χ3n) is 4.02. The molecule has 0 bridgehead atoms. The zero-order chi connectivity index (χ0) is 16.5. The molecule has 0 saturated carbocycles. The van der Waals surface area contributed by atoms with Crippen LogP contribution < -0.4 is 0 Å². The summed E-state index contributed by atoms with van der Waals surface area (Å²) in [5, 5.41) is 0. The number of esters is 1. The Morgan fingerprint density at radius 1 is 1.30 bits per heavy atom. The Morgan fingerprint density at radius 2 is 2.09 bits per heavy atom. The van der Waals surface area contributed by atoms with Crippen LogP contribution in [0.5, 0.6) is 0 Å². The number of hydrogen-bond donors (Lipinski definition) is 0. The maximum absolute atomic E-state index is 11.8. The second-order valence-corrected chi connectivity index (χ2v) is 5.78. The number of rotatable bonds is 7. The van der Waals surface area contributed by atoms with Gasteiger partial charge in [-0.2, -0.15) is 0 Å². The molecule has 0 aromatic heterocycles. The molecule has 1 aromatic carbocycles. The van der Waals surface area contributed by atoms with Crippen LogP contribution in [0.3, 0.4) is 0 Å². The van der Waals surface area contributed by atoms with Crippen LogP contribution in [0.25, 0.3) is 0 Å². The van der Waals surface area contributed by atoms with Crippen molar-refractivity contribution >= 4 is 5.97 Å². The maximum atomic E-state index is 11.8. The largest absolute Gasteiger partial charge is 0.430 e. The van der Waals surface area contributed by atoms with E-state index in [2.05, 4.69) is 42.3 Å². The van der Waals surface area contributed by atoms with Crippen molar-refractivity contribution in [2.45, 2.75) is 38.3 Å². The number of nitrogens with zero attached hydrogens (tertiary/aromatic N) is 1. The number of ether oxygens (including phenoxy) is 1. The minimum absolute atomic E-state index is 0.108. The summed E-state index contributed by atoms with van der Waals surface area (Å²) < 4.78 is 5.44. The average molecular weight is 311 g/mol. The normalized spacial score (nSPS) is 18.7. The lowest BCUT2D eigenvalue weighted by atomic mass is 10.00. The molecule has 1 heterocycles. The van der Waals surface area contributed by atoms with E-state index in [4.69, 9.17) is 4.74 Å². The molecular weight excluding hydrogens is 286 g/mol. The van der Waals surface area contributed by atoms with E-state index in [1.807, 2.05) is 6.07 Å². The van der Waals surface area contributed by atoms with Crippen molar-refractivity contribution in [2.24, 2.45) is 0 Å². The highest BCUT2D eigenvalue weighted by atomic mass is 16.5. The van der Waals surface area contributed by atoms with Gasteiger partial charge in [0, 0.05) is 6.54 Å². The van der Waals surface area contributed by atoms with Crippen molar-refractivity contribution in [3.63, 3.8) is 0 Å². The first-order chi connectivity index (χ1) is 11.2. The van der Waals surface area contributed by atoms with Crippen LogP contribution in [0, 0.1) is 0 Å². The molecule has 1 fully saturated rings. The quantitative estimate of drug-likeness (QED) is 0.429. The fourth-order valence-corrected chi connectivity index (χ4v) is 2.88. The van der Waals surface area contributed by atoms with Crippen molar-refractivity contribution in [2.75, 3.05) is 6.54 Å². The number of piperidine rings is 1. The second-order valence-electron chi connectivity index (χ2n) is 5.78. The summed E-state index contributed by atoms with van der Waals surface area (Å²) in [5.74, 6) is 0.302. The molecule has 0 radical (unpaired) electrons. The van der Waals surface area contributed by atoms with Crippen molar-refractivity contribution < 1.29 is 9.53 Å². The monoisotopic (exact) mass is 311 g/mol. The number of carbonyl (C=O) groups is 1. The van der Waals surface area contributed by atoms with Crippen LogP contribution in [0.1, 0.15) is 31.2 Å². The van der Waals surface area contributed by atoms with Gasteiger partial charge in [0.25, 0.3) is 0 Å². The minimum atomic E-state index is -0.265. The number of hydrogen-bond acceptors (Lipinski definition) is 3. The van der Waals surface area contributed by atoms with E-state index in [1.165, 1.54) is 12.0 Å². The van der Waals surface area contributed by atoms with Gasteiger partial charge in [-0.05, 0) is 24.9 Å². The highest BCUT2D eigenvalue weighted by Gasteiger charge is 2.26. The fraction of sp³-hybridized carbons (Fsp3) is 0.350. The first kappa shape index (κ1) is 17.2. The van der Waals surface area contributed by atoms with E-state index < -0.39 is 0 Å². The topological polar surface area (TPSA) is 29.5 Å². The molecule has 1 saturated heterocycles. The molecule has 0 N–H and O–H groups in total. The molecule has 1 unspecified atom stereocenters. The number of benzene rings is 1. The SMILES string of the molecule is C=C/C=C/CC(=O)OC(=C)C1CCCCN1Cc1ccccc1. The summed E-state index contributed by atoms with van der Waals surface area (Å²) >= 11 is 0. The Labute approximate surface area is 139 Å². The van der Waals surface area contributed by atoms with Crippen LogP contribution in [0.2, 0.25) is 0 Å². The molecule has 0 spiro atoms. The van der Waals surface area contributed by atoms with Gasteiger partial charge in [-0.15, -0.1) is 0 Å². The van der Waals surface area contributed by atoms with E-state index >= 15 is 0 Å². The Kier molecular flexibility index (Phi) is 6.82. The van der Waals surface area contributed by atoms with E-state index in [0.29, 0.717) is 5.76 Å². The summed E-state index contributed by atoms with van der Waals surface area (Å²) in [6.07, 6.45) is 8.68. The first-order valence-corrected chi connectivity index (χ1v) is 8.15. The standard InChI is InChI=1S/C20H25NO2/c1-3-4-6-14-20(22)23-17(2)19-13-9-10-15-21(19)16-18-11-7-5-8-12-18/h3-8,11-12,19H,1-2,9-10,13-16H2/b6-4+. The number of allylic oxidation sites excluding steroid dienone is 2. The minimum Gasteiger partial charge on any atom is -0.430 e. The second kappa shape index (κ2) is 9.11. The predicted octanol–water partition coefficient (Wildman–Crippen LogP) is 4.23. The van der Waals surface area contributed by atoms with Gasteiger partial charge in [-0.3, -0.25) is 9.69 Å². The lowest BCUT2D eigenvalue weighted by Gasteiger charge is -2.36. The van der Waals surface area contributed by atoms with Gasteiger partial charge in [-0.1, -0.05) is 68.1 Å². The first-order valence-electron chi connectivity index (χ1n) is 8.15. The summed E-state index contributed by atoms with van der Waals surface area (Å²) in [6, 6.07) is 10.5. The van der Waals surface area contributed by atoms with Gasteiger partial charge in [0.2, 0.25) is 0 Å². The van der Waals surface area contributed by atoms with E-state index in [0.717, 1.165) is 25.9 Å². The van der Waals surface area contributed by atoms with Crippen molar-refractivity contribution in [1.82, 2.24) is 4.90 Å². The molecule has 0 amide bonds. The Hall–Kier alpha value is -2.13. The van der Waals surface area contributed by atoms with Gasteiger partial charge in [0.05, 0.1) is 12.5 Å². The van der Waals surface area contributed by atoms with Crippen molar-refractivity contribution in [3.8, 4) is 0 Å². The van der Waals surface area contributed by atoms with Gasteiger partial charge in [0.15, 0.2) is 0 Å². The molecule has 122 valence electrons. The molecule has 3 nitrogen and oxygen atoms in total. The van der Waals surface area contributed by atoms with Gasteiger partial charge < -0.3 is 4.74 Å². The molecule has 1 aliphatic heterocycles. The van der Waals surface area contributed by atoms with Crippen LogP contribution in [-0.4, -0.2) is 23.5 Å². The van der Waals surface area contributed by atoms with E-state index in [1.54, 1.807) is 18.2 Å². The summed E-state index contributed by atoms with van der Waals surface area (Å²) in [7, 11) is 0. The maximum Gasteiger partial charge on any atom is 0.314 e. The highest BCUT2D eigenvalue weighted by molar-refractivity contribution is 5.72. The Balaban J connectivity index is 1.94. The molecule has 23 heavy (non-hydrogen) atoms. The lowest BCUT2D eigenvalue weighted by molar-refractivity contribution is -0.139. The van der Waals surface area contributed by atoms with Crippen molar-refractivity contribution in [1.29, 1.82) is 0 Å². The van der Waals surface area contributed by atoms with Crippen molar-refractivity contribution in [3.05, 3.63) is 73.0 Å². The summed E-state index contributed by atoms with van der Waals surface area (Å²) in [4.78, 5) is 14.2. The third kappa shape index (κ3) is 5.53. The van der Waals surface area contributed by atoms with Crippen LogP contribution in [0.15, 0.2) is 67.5 Å². The number of carbonyl (C=O) groups excluding carboxylic acids is 1. The molecule has 1 atom stereocenters. The van der Waals surface area contributed by atoms with E-state index in [-0.39, 0.29) is 18.4 Å². The summed E-state index contributed by atoms with van der Waals surface area (Å²) in [6.45, 7) is 9.45. The Morgan fingerprint density at radius 3 is 2.83 bits per heavy atom. The lowest BCUT2D eigenvalue weighted by Crippen LogP contribution is -2.40. The summed E-state index contributed by atoms with van der Waals surface area (Å²) in [5.41, 5.74) is 1.27. The zero-order valence-electron chi connectivity index (χ0n) is 13.6. The van der Waals surface area contributed by atoms with Crippen LogP contribution in [-0.2, 0) is 16.1 Å². The molecule has 1 aromatic rings. The van der Waals surface area contributed by atoms with Gasteiger partial charge >= 0.3 is 5.97 Å².